The molecule has 0 radical (unpaired) electrons. The maximum absolute atomic E-state index is 14.4. The summed E-state index contributed by atoms with van der Waals surface area (Å²) in [6.45, 7) is 2.24. The van der Waals surface area contributed by atoms with Crippen LogP contribution >= 0.6 is 11.6 Å². The normalized spacial score (nSPS) is 14.8. The molecule has 0 fully saturated rings. The third kappa shape index (κ3) is 4.20. The number of benzene rings is 3. The molecule has 0 unspecified atom stereocenters. The maximum atomic E-state index is 14.4. The van der Waals surface area contributed by atoms with Gasteiger partial charge in [-0.15, -0.1) is 0 Å². The Kier molecular flexibility index (Phi) is 5.30. The molecule has 3 aromatic rings. The van der Waals surface area contributed by atoms with E-state index in [0.717, 1.165) is 40.2 Å². The van der Waals surface area contributed by atoms with Gasteiger partial charge in [-0.25, -0.2) is 12.8 Å². The first-order chi connectivity index (χ1) is 14.2. The number of hydrogen-bond acceptors (Lipinski definition) is 3. The molecule has 1 aliphatic heterocycles. The molecular formula is C23H19ClFNO3S. The van der Waals surface area contributed by atoms with E-state index in [0.29, 0.717) is 22.9 Å². The highest BCUT2D eigenvalue weighted by molar-refractivity contribution is 7.92. The predicted molar refractivity (Wildman–Crippen MR) is 119 cm³/mol. The molecule has 7 heteroatoms. The van der Waals surface area contributed by atoms with Gasteiger partial charge in [0.25, 0.3) is 0 Å². The number of nitrogens with one attached hydrogen (secondary N) is 1. The molecule has 0 aliphatic carbocycles. The van der Waals surface area contributed by atoms with Crippen molar-refractivity contribution in [2.24, 2.45) is 0 Å². The highest BCUT2D eigenvalue weighted by Gasteiger charge is 2.22. The summed E-state index contributed by atoms with van der Waals surface area (Å²) in [5, 5.41) is 0.603. The van der Waals surface area contributed by atoms with Gasteiger partial charge in [-0.1, -0.05) is 35.9 Å². The number of allylic oxidation sites excluding steroid dienone is 1. The number of rotatable bonds is 3. The fraction of sp³-hybridized carbons (Fsp3) is 0.130. The third-order valence-corrected chi connectivity index (χ3v) is 5.73. The van der Waals surface area contributed by atoms with E-state index < -0.39 is 15.8 Å². The fourth-order valence-electron chi connectivity index (χ4n) is 3.65. The second-order valence-corrected chi connectivity index (χ2v) is 9.37. The average molecular weight is 444 g/mol. The van der Waals surface area contributed by atoms with Crippen molar-refractivity contribution in [2.45, 2.75) is 13.5 Å². The van der Waals surface area contributed by atoms with E-state index in [2.05, 4.69) is 4.72 Å². The SMILES string of the molecule is CC(=C1c2ccc(Cl)cc2COc2ccccc21)c1cc(F)cc(NS(C)(=O)=O)c1. The molecular weight excluding hydrogens is 425 g/mol. The third-order valence-electron chi connectivity index (χ3n) is 4.89. The van der Waals surface area contributed by atoms with Gasteiger partial charge in [0.15, 0.2) is 0 Å². The Morgan fingerprint density at radius 2 is 1.83 bits per heavy atom. The summed E-state index contributed by atoms with van der Waals surface area (Å²) in [6.07, 6.45) is 1.03. The standard InChI is InChI=1S/C23H19ClFNO3S/c1-14(15-10-18(25)12-19(11-15)26-30(2,27)28)23-20-8-7-17(24)9-16(20)13-29-22-6-4-3-5-21(22)23/h3-12,26H,13H2,1-2H3. The molecule has 3 aromatic carbocycles. The molecule has 0 bridgehead atoms. The van der Waals surface area contributed by atoms with Crippen LogP contribution in [-0.2, 0) is 16.6 Å². The van der Waals surface area contributed by atoms with E-state index >= 15 is 0 Å². The summed E-state index contributed by atoms with van der Waals surface area (Å²) in [5.74, 6) is 0.179. The lowest BCUT2D eigenvalue weighted by molar-refractivity contribution is 0.307. The Balaban J connectivity index is 1.98. The first-order valence-electron chi connectivity index (χ1n) is 9.22. The van der Waals surface area contributed by atoms with Crippen LogP contribution in [0.1, 0.15) is 29.2 Å². The van der Waals surface area contributed by atoms with E-state index in [4.69, 9.17) is 16.3 Å². The van der Waals surface area contributed by atoms with Crippen LogP contribution in [0.5, 0.6) is 5.75 Å². The maximum Gasteiger partial charge on any atom is 0.229 e. The van der Waals surface area contributed by atoms with E-state index in [9.17, 15) is 12.8 Å². The molecule has 4 nitrogen and oxygen atoms in total. The summed E-state index contributed by atoms with van der Waals surface area (Å²) in [7, 11) is -3.54. The Bertz CT molecular complexity index is 1290. The molecule has 1 aliphatic rings. The molecule has 154 valence electrons. The molecule has 1 N–H and O–H groups in total. The van der Waals surface area contributed by atoms with Crippen molar-refractivity contribution in [3.05, 3.63) is 93.8 Å². The molecule has 0 aromatic heterocycles. The van der Waals surface area contributed by atoms with Crippen LogP contribution in [0.4, 0.5) is 10.1 Å². The molecule has 4 rings (SSSR count). The highest BCUT2D eigenvalue weighted by Crippen LogP contribution is 2.42. The monoisotopic (exact) mass is 443 g/mol. The van der Waals surface area contributed by atoms with Crippen molar-refractivity contribution in [1.82, 2.24) is 0 Å². The Morgan fingerprint density at radius 1 is 1.07 bits per heavy atom. The summed E-state index contributed by atoms with van der Waals surface area (Å²) < 4.78 is 46.0. The molecule has 0 atom stereocenters. The second-order valence-electron chi connectivity index (χ2n) is 7.19. The zero-order chi connectivity index (χ0) is 21.5. The van der Waals surface area contributed by atoms with Crippen LogP contribution in [0, 0.1) is 5.82 Å². The smallest absolute Gasteiger partial charge is 0.229 e. The second kappa shape index (κ2) is 7.78. The number of anilines is 1. The predicted octanol–water partition coefficient (Wildman–Crippen LogP) is 5.72. The van der Waals surface area contributed by atoms with Crippen LogP contribution in [0.2, 0.25) is 5.02 Å². The lowest BCUT2D eigenvalue weighted by Crippen LogP contribution is -2.10. The number of sulfonamides is 1. The molecule has 1 heterocycles. The van der Waals surface area contributed by atoms with Gasteiger partial charge in [-0.3, -0.25) is 4.72 Å². The van der Waals surface area contributed by atoms with Gasteiger partial charge >= 0.3 is 0 Å². The van der Waals surface area contributed by atoms with Gasteiger partial charge in [-0.05, 0) is 71.2 Å². The van der Waals surface area contributed by atoms with Gasteiger partial charge < -0.3 is 4.74 Å². The topological polar surface area (TPSA) is 55.4 Å². The lowest BCUT2D eigenvalue weighted by Gasteiger charge is -2.16. The van der Waals surface area contributed by atoms with E-state index in [1.54, 1.807) is 6.07 Å². The average Bonchev–Trinajstić information content (AvgIpc) is 2.82. The number of hydrogen-bond donors (Lipinski definition) is 1. The van der Waals surface area contributed by atoms with Crippen molar-refractivity contribution in [3.63, 3.8) is 0 Å². The summed E-state index contributed by atoms with van der Waals surface area (Å²) in [4.78, 5) is 0. The fourth-order valence-corrected chi connectivity index (χ4v) is 4.39. The molecule has 0 spiro atoms. The van der Waals surface area contributed by atoms with Crippen LogP contribution < -0.4 is 9.46 Å². The van der Waals surface area contributed by atoms with E-state index in [1.165, 1.54) is 6.07 Å². The Morgan fingerprint density at radius 3 is 2.60 bits per heavy atom. The van der Waals surface area contributed by atoms with Gasteiger partial charge in [-0.2, -0.15) is 0 Å². The Labute approximate surface area is 180 Å². The van der Waals surface area contributed by atoms with Gasteiger partial charge in [0, 0.05) is 10.6 Å². The number of ether oxygens (including phenoxy) is 1. The van der Waals surface area contributed by atoms with Crippen LogP contribution in [0.15, 0.2) is 60.7 Å². The van der Waals surface area contributed by atoms with Gasteiger partial charge in [0.2, 0.25) is 10.0 Å². The number of fused-ring (bicyclic) bond motifs is 2. The van der Waals surface area contributed by atoms with Crippen molar-refractivity contribution in [1.29, 1.82) is 0 Å². The van der Waals surface area contributed by atoms with E-state index in [-0.39, 0.29) is 5.69 Å². The minimum atomic E-state index is -3.54. The zero-order valence-corrected chi connectivity index (χ0v) is 17.9. The number of para-hydroxylation sites is 1. The summed E-state index contributed by atoms with van der Waals surface area (Å²) in [6, 6.07) is 17.4. The highest BCUT2D eigenvalue weighted by atomic mass is 35.5. The summed E-state index contributed by atoms with van der Waals surface area (Å²) >= 11 is 6.20. The van der Waals surface area contributed by atoms with Crippen molar-refractivity contribution >= 4 is 38.5 Å². The largest absolute Gasteiger partial charge is 0.488 e. The zero-order valence-electron chi connectivity index (χ0n) is 16.4. The van der Waals surface area contributed by atoms with Gasteiger partial charge in [0.1, 0.15) is 18.2 Å². The molecule has 30 heavy (non-hydrogen) atoms. The van der Waals surface area contributed by atoms with Crippen molar-refractivity contribution in [2.75, 3.05) is 11.0 Å². The van der Waals surface area contributed by atoms with Gasteiger partial charge in [0.05, 0.1) is 11.9 Å². The number of halogens is 2. The van der Waals surface area contributed by atoms with Crippen LogP contribution in [0.3, 0.4) is 0 Å². The lowest BCUT2D eigenvalue weighted by atomic mass is 9.88. The molecule has 0 amide bonds. The van der Waals surface area contributed by atoms with E-state index in [1.807, 2.05) is 49.4 Å². The first-order valence-corrected chi connectivity index (χ1v) is 11.5. The quantitative estimate of drug-likeness (QED) is 0.563. The molecule has 0 saturated heterocycles. The minimum Gasteiger partial charge on any atom is -0.488 e. The molecule has 0 saturated carbocycles. The van der Waals surface area contributed by atoms with Crippen molar-refractivity contribution in [3.8, 4) is 5.75 Å². The Hall–Kier alpha value is -2.83. The summed E-state index contributed by atoms with van der Waals surface area (Å²) in [5.41, 5.74) is 5.12. The van der Waals surface area contributed by atoms with Crippen molar-refractivity contribution < 1.29 is 17.5 Å². The first kappa shape index (κ1) is 20.4. The minimum absolute atomic E-state index is 0.168. The van der Waals surface area contributed by atoms with Crippen LogP contribution in [0.25, 0.3) is 11.1 Å². The van der Waals surface area contributed by atoms with Crippen LogP contribution in [-0.4, -0.2) is 14.7 Å².